The molecule has 0 saturated carbocycles. The van der Waals surface area contributed by atoms with E-state index in [2.05, 4.69) is 0 Å². The summed E-state index contributed by atoms with van der Waals surface area (Å²) >= 11 is 1.55. The van der Waals surface area contributed by atoms with Crippen molar-refractivity contribution >= 4 is 11.8 Å². The van der Waals surface area contributed by atoms with Crippen molar-refractivity contribution in [3.05, 3.63) is 23.8 Å². The number of rotatable bonds is 3. The summed E-state index contributed by atoms with van der Waals surface area (Å²) in [6.07, 6.45) is 1.31. The van der Waals surface area contributed by atoms with Gasteiger partial charge < -0.3 is 15.9 Å². The Bertz CT molecular complexity index is 315. The van der Waals surface area contributed by atoms with Crippen LogP contribution in [-0.4, -0.2) is 22.6 Å². The highest BCUT2D eigenvalue weighted by Crippen LogP contribution is 2.29. The van der Waals surface area contributed by atoms with E-state index in [1.54, 1.807) is 36.9 Å². The van der Waals surface area contributed by atoms with Gasteiger partial charge in [0.15, 0.2) is 0 Å². The molecule has 1 aromatic rings. The molecule has 1 aromatic carbocycles. The Kier molecular flexibility index (Phi) is 3.80. The van der Waals surface area contributed by atoms with Gasteiger partial charge in [-0.3, -0.25) is 0 Å². The highest BCUT2D eigenvalue weighted by molar-refractivity contribution is 7.98. The lowest BCUT2D eigenvalue weighted by Crippen LogP contribution is -2.23. The summed E-state index contributed by atoms with van der Waals surface area (Å²) in [7, 11) is 0. The van der Waals surface area contributed by atoms with Crippen molar-refractivity contribution in [1.82, 2.24) is 0 Å². The molecule has 0 aliphatic rings. The molecule has 0 aliphatic heterocycles. The Morgan fingerprint density at radius 2 is 2.07 bits per heavy atom. The van der Waals surface area contributed by atoms with E-state index >= 15 is 0 Å². The van der Waals surface area contributed by atoms with Gasteiger partial charge >= 0.3 is 0 Å². The van der Waals surface area contributed by atoms with Crippen LogP contribution in [0.15, 0.2) is 23.1 Å². The van der Waals surface area contributed by atoms with E-state index in [4.69, 9.17) is 5.73 Å². The van der Waals surface area contributed by atoms with Gasteiger partial charge in [0.2, 0.25) is 0 Å². The van der Waals surface area contributed by atoms with Gasteiger partial charge in [-0.2, -0.15) is 0 Å². The molecule has 0 spiro atoms. The summed E-state index contributed by atoms with van der Waals surface area (Å²) in [5.41, 5.74) is 6.59. The number of thioether (sulfide) groups is 1. The van der Waals surface area contributed by atoms with Gasteiger partial charge in [0.05, 0.1) is 12.1 Å². The zero-order valence-corrected chi connectivity index (χ0v) is 9.08. The first kappa shape index (κ1) is 11.4. The highest BCUT2D eigenvalue weighted by atomic mass is 32.2. The van der Waals surface area contributed by atoms with Gasteiger partial charge in [0.1, 0.15) is 5.75 Å². The number of aliphatic hydroxyl groups excluding tert-OH is 1. The van der Waals surface area contributed by atoms with E-state index in [0.29, 0.717) is 0 Å². The summed E-state index contributed by atoms with van der Waals surface area (Å²) in [5.74, 6) is 0.175. The molecule has 4 N–H and O–H groups in total. The first-order valence-corrected chi connectivity index (χ1v) is 5.59. The minimum absolute atomic E-state index is 0.175. The van der Waals surface area contributed by atoms with Crippen LogP contribution in [0.4, 0.5) is 0 Å². The monoisotopic (exact) mass is 213 g/mol. The van der Waals surface area contributed by atoms with Crippen LogP contribution >= 0.6 is 11.8 Å². The van der Waals surface area contributed by atoms with E-state index in [0.717, 1.165) is 10.5 Å². The van der Waals surface area contributed by atoms with Gasteiger partial charge in [0.25, 0.3) is 0 Å². The molecule has 4 heteroatoms. The van der Waals surface area contributed by atoms with Gasteiger partial charge in [-0.05, 0) is 36.9 Å². The smallest absolute Gasteiger partial charge is 0.115 e. The largest absolute Gasteiger partial charge is 0.508 e. The van der Waals surface area contributed by atoms with Crippen LogP contribution in [0.1, 0.15) is 18.5 Å². The van der Waals surface area contributed by atoms with Crippen LogP contribution in [0, 0.1) is 0 Å². The maximum absolute atomic E-state index is 9.37. The molecule has 0 aromatic heterocycles. The van der Waals surface area contributed by atoms with Crippen LogP contribution in [0.2, 0.25) is 0 Å². The third-order valence-electron chi connectivity index (χ3n) is 2.09. The molecule has 3 nitrogen and oxygen atoms in total. The number of aliphatic hydroxyl groups is 1. The van der Waals surface area contributed by atoms with Crippen LogP contribution in [-0.2, 0) is 0 Å². The van der Waals surface area contributed by atoms with E-state index in [1.165, 1.54) is 0 Å². The Hall–Kier alpha value is -0.710. The second-order valence-corrected chi connectivity index (χ2v) is 4.04. The Morgan fingerprint density at radius 3 is 2.57 bits per heavy atom. The second kappa shape index (κ2) is 4.68. The predicted octanol–water partition coefficient (Wildman–Crippen LogP) is 1.49. The summed E-state index contributed by atoms with van der Waals surface area (Å²) in [6.45, 7) is 1.64. The summed E-state index contributed by atoms with van der Waals surface area (Å²) < 4.78 is 0. The number of benzene rings is 1. The molecule has 78 valence electrons. The van der Waals surface area contributed by atoms with Crippen molar-refractivity contribution in [2.75, 3.05) is 6.26 Å². The minimum atomic E-state index is -0.623. The average Bonchev–Trinajstić information content (AvgIpc) is 2.16. The summed E-state index contributed by atoms with van der Waals surface area (Å²) in [5, 5.41) is 18.7. The Balaban J connectivity index is 3.10. The predicted molar refractivity (Wildman–Crippen MR) is 58.5 cm³/mol. The quantitative estimate of drug-likeness (QED) is 0.666. The molecule has 1 unspecified atom stereocenters. The lowest BCUT2D eigenvalue weighted by Gasteiger charge is -2.18. The third-order valence-corrected chi connectivity index (χ3v) is 2.90. The number of hydrogen-bond donors (Lipinski definition) is 3. The standard InChI is InChI=1S/C10H15NO2S/c1-6(12)10(11)8-5-7(13)3-4-9(8)14-2/h3-6,10,12-13H,11H2,1-2H3/t6?,10-/m1/s1. The van der Waals surface area contributed by atoms with Gasteiger partial charge in [-0.1, -0.05) is 0 Å². The normalized spacial score (nSPS) is 15.1. The molecular formula is C10H15NO2S. The molecule has 0 bridgehead atoms. The van der Waals surface area contributed by atoms with Crippen LogP contribution in [0.25, 0.3) is 0 Å². The van der Waals surface area contributed by atoms with Crippen molar-refractivity contribution in [3.8, 4) is 5.75 Å². The van der Waals surface area contributed by atoms with Crippen molar-refractivity contribution in [1.29, 1.82) is 0 Å². The Morgan fingerprint density at radius 1 is 1.43 bits per heavy atom. The maximum atomic E-state index is 9.37. The topological polar surface area (TPSA) is 66.5 Å². The van der Waals surface area contributed by atoms with Crippen molar-refractivity contribution < 1.29 is 10.2 Å². The molecule has 1 rings (SSSR count). The lowest BCUT2D eigenvalue weighted by molar-refractivity contribution is 0.163. The fourth-order valence-electron chi connectivity index (χ4n) is 1.24. The van der Waals surface area contributed by atoms with Crippen LogP contribution in [0.3, 0.4) is 0 Å². The SMILES string of the molecule is CSc1ccc(O)cc1[C@H](N)C(C)O. The van der Waals surface area contributed by atoms with Gasteiger partial charge in [0, 0.05) is 4.90 Å². The number of nitrogens with two attached hydrogens (primary N) is 1. The van der Waals surface area contributed by atoms with E-state index < -0.39 is 12.1 Å². The molecule has 2 atom stereocenters. The summed E-state index contributed by atoms with van der Waals surface area (Å²) in [6, 6.07) is 4.56. The maximum Gasteiger partial charge on any atom is 0.115 e. The molecule has 0 aliphatic carbocycles. The minimum Gasteiger partial charge on any atom is -0.508 e. The number of phenols is 1. The molecule has 14 heavy (non-hydrogen) atoms. The molecule has 0 amide bonds. The molecule has 0 radical (unpaired) electrons. The highest BCUT2D eigenvalue weighted by Gasteiger charge is 2.16. The molecule has 0 heterocycles. The molecule has 0 fully saturated rings. The fraction of sp³-hybridized carbons (Fsp3) is 0.400. The van der Waals surface area contributed by atoms with Crippen LogP contribution in [0.5, 0.6) is 5.75 Å². The van der Waals surface area contributed by atoms with Gasteiger partial charge in [-0.15, -0.1) is 11.8 Å². The first-order chi connectivity index (χ1) is 6.56. The van der Waals surface area contributed by atoms with Crippen molar-refractivity contribution in [2.45, 2.75) is 24.0 Å². The Labute approximate surface area is 87.9 Å². The number of phenolic OH excluding ortho intramolecular Hbond substituents is 1. The second-order valence-electron chi connectivity index (χ2n) is 3.19. The summed E-state index contributed by atoms with van der Waals surface area (Å²) in [4.78, 5) is 0.983. The van der Waals surface area contributed by atoms with Crippen molar-refractivity contribution in [3.63, 3.8) is 0 Å². The van der Waals surface area contributed by atoms with E-state index in [-0.39, 0.29) is 5.75 Å². The van der Waals surface area contributed by atoms with Crippen molar-refractivity contribution in [2.24, 2.45) is 5.73 Å². The van der Waals surface area contributed by atoms with E-state index in [1.807, 2.05) is 6.26 Å². The molecular weight excluding hydrogens is 198 g/mol. The molecule has 0 saturated heterocycles. The zero-order chi connectivity index (χ0) is 10.7. The third kappa shape index (κ3) is 2.41. The first-order valence-electron chi connectivity index (χ1n) is 4.36. The number of hydrogen-bond acceptors (Lipinski definition) is 4. The fourth-order valence-corrected chi connectivity index (χ4v) is 1.88. The number of aromatic hydroxyl groups is 1. The lowest BCUT2D eigenvalue weighted by atomic mass is 10.0. The van der Waals surface area contributed by atoms with Gasteiger partial charge in [-0.25, -0.2) is 0 Å². The van der Waals surface area contributed by atoms with Crippen LogP contribution < -0.4 is 5.73 Å². The zero-order valence-electron chi connectivity index (χ0n) is 8.27. The van der Waals surface area contributed by atoms with E-state index in [9.17, 15) is 10.2 Å². The average molecular weight is 213 g/mol.